The zero-order chi connectivity index (χ0) is 30.4. The number of hydrogen-bond acceptors (Lipinski definition) is 8. The molecule has 226 valence electrons. The Morgan fingerprint density at radius 3 is 2.49 bits per heavy atom. The number of carbonyl (C=O) groups is 3. The predicted octanol–water partition coefficient (Wildman–Crippen LogP) is 5.16. The van der Waals surface area contributed by atoms with E-state index in [0.717, 1.165) is 18.9 Å². The Morgan fingerprint density at radius 1 is 1.09 bits per heavy atom. The Morgan fingerprint density at radius 2 is 1.84 bits per heavy atom. The maximum absolute atomic E-state index is 15.3. The summed E-state index contributed by atoms with van der Waals surface area (Å²) in [5, 5.41) is 9.47. The summed E-state index contributed by atoms with van der Waals surface area (Å²) in [4.78, 5) is 56.0. The molecule has 1 N–H and O–H groups in total. The number of pyridine rings is 2. The van der Waals surface area contributed by atoms with E-state index >= 15 is 8.78 Å². The standard InChI is InChI=1S/C30H30F2N4O6S/c1-16(37)2-6-19-14-36(30(41)42-19)18-5-7-25(23(31)12-18)43-20-8-10-34(11-9-20)28-24(32)13-21-26(38)22(29(39)40)15-35(17-3-4-17)27(21)33-28/h5,7,12-13,15,17,19-20H,2-4,6,8-11,14H2,1H3,(H,39,40)/t19-/m0/s1. The van der Waals surface area contributed by atoms with Crippen LogP contribution < -0.4 is 15.2 Å². The highest BCUT2D eigenvalue weighted by atomic mass is 32.2. The average molecular weight is 613 g/mol. The third kappa shape index (κ3) is 5.95. The van der Waals surface area contributed by atoms with E-state index in [0.29, 0.717) is 49.4 Å². The number of rotatable bonds is 9. The normalized spacial score (nSPS) is 19.2. The van der Waals surface area contributed by atoms with Crippen LogP contribution in [0.5, 0.6) is 0 Å². The van der Waals surface area contributed by atoms with Crippen molar-refractivity contribution in [1.82, 2.24) is 9.55 Å². The molecule has 1 atom stereocenters. The Bertz CT molecular complexity index is 1690. The number of anilines is 2. The number of carboxylic acids is 1. The van der Waals surface area contributed by atoms with Gasteiger partial charge in [-0.3, -0.25) is 9.69 Å². The number of hydrogen-bond donors (Lipinski definition) is 1. The van der Waals surface area contributed by atoms with Crippen LogP contribution in [-0.4, -0.2) is 63.5 Å². The fraction of sp³-hybridized carbons (Fsp3) is 0.433. The van der Waals surface area contributed by atoms with E-state index in [2.05, 4.69) is 4.98 Å². The molecule has 10 nitrogen and oxygen atoms in total. The molecule has 2 saturated heterocycles. The number of cyclic esters (lactones) is 1. The van der Waals surface area contributed by atoms with Crippen molar-refractivity contribution in [3.05, 3.63) is 57.9 Å². The van der Waals surface area contributed by atoms with Gasteiger partial charge in [-0.05, 0) is 63.3 Å². The van der Waals surface area contributed by atoms with E-state index < -0.39 is 40.8 Å². The van der Waals surface area contributed by atoms with Crippen LogP contribution >= 0.6 is 11.8 Å². The smallest absolute Gasteiger partial charge is 0.414 e. The minimum Gasteiger partial charge on any atom is -0.477 e. The van der Waals surface area contributed by atoms with Gasteiger partial charge < -0.3 is 24.1 Å². The first-order chi connectivity index (χ1) is 20.6. The quantitative estimate of drug-likeness (QED) is 0.349. The lowest BCUT2D eigenvalue weighted by molar-refractivity contribution is -0.117. The average Bonchev–Trinajstić information content (AvgIpc) is 3.75. The molecule has 0 radical (unpaired) electrons. The summed E-state index contributed by atoms with van der Waals surface area (Å²) in [5.74, 6) is -2.37. The van der Waals surface area contributed by atoms with Gasteiger partial charge in [-0.1, -0.05) is 0 Å². The molecule has 13 heteroatoms. The van der Waals surface area contributed by atoms with Gasteiger partial charge in [0.25, 0.3) is 0 Å². The van der Waals surface area contributed by atoms with Gasteiger partial charge >= 0.3 is 12.1 Å². The number of aromatic carboxylic acids is 1. The molecule has 1 saturated carbocycles. The van der Waals surface area contributed by atoms with Crippen molar-refractivity contribution in [1.29, 1.82) is 0 Å². The van der Waals surface area contributed by atoms with E-state index in [1.54, 1.807) is 21.6 Å². The summed E-state index contributed by atoms with van der Waals surface area (Å²) in [6, 6.07) is 5.75. The highest BCUT2D eigenvalue weighted by Crippen LogP contribution is 2.38. The lowest BCUT2D eigenvalue weighted by Crippen LogP contribution is -2.36. The molecular formula is C30H30F2N4O6S. The minimum atomic E-state index is -1.36. The third-order valence-corrected chi connectivity index (χ3v) is 9.45. The van der Waals surface area contributed by atoms with E-state index in [9.17, 15) is 24.3 Å². The Labute approximate surface area is 249 Å². The van der Waals surface area contributed by atoms with Crippen LogP contribution in [0, 0.1) is 11.6 Å². The summed E-state index contributed by atoms with van der Waals surface area (Å²) in [6.07, 6.45) is 4.00. The molecule has 0 spiro atoms. The van der Waals surface area contributed by atoms with Crippen molar-refractivity contribution in [3.8, 4) is 0 Å². The SMILES string of the molecule is CC(=O)CC[C@H]1CN(c2ccc(SC3CCN(c4nc5c(cc4F)c(=O)c(C(=O)O)cn5C4CC4)CC3)c(F)c2)C(=O)O1. The molecule has 2 aliphatic heterocycles. The van der Waals surface area contributed by atoms with Gasteiger partial charge in [0.1, 0.15) is 28.9 Å². The van der Waals surface area contributed by atoms with Crippen LogP contribution in [0.15, 0.2) is 40.2 Å². The lowest BCUT2D eigenvalue weighted by Gasteiger charge is -2.33. The van der Waals surface area contributed by atoms with E-state index in [4.69, 9.17) is 4.74 Å². The van der Waals surface area contributed by atoms with Gasteiger partial charge in [0.2, 0.25) is 5.43 Å². The maximum atomic E-state index is 15.3. The number of fused-ring (bicyclic) bond motifs is 1. The number of halogens is 2. The number of nitrogens with zero attached hydrogens (tertiary/aromatic N) is 4. The molecule has 3 fully saturated rings. The minimum absolute atomic E-state index is 0.0158. The first kappa shape index (κ1) is 29.1. The fourth-order valence-corrected chi connectivity index (χ4v) is 6.73. The van der Waals surface area contributed by atoms with Crippen LogP contribution in [-0.2, 0) is 9.53 Å². The van der Waals surface area contributed by atoms with Crippen molar-refractivity contribution in [2.24, 2.45) is 0 Å². The van der Waals surface area contributed by atoms with Gasteiger partial charge in [-0.2, -0.15) is 0 Å². The van der Waals surface area contributed by atoms with Crippen molar-refractivity contribution < 1.29 is 33.0 Å². The molecule has 0 unspecified atom stereocenters. The second-order valence-corrected chi connectivity index (χ2v) is 12.6. The number of benzene rings is 1. The van der Waals surface area contributed by atoms with E-state index in [1.165, 1.54) is 35.8 Å². The molecule has 1 aliphatic carbocycles. The number of carbonyl (C=O) groups excluding carboxylic acids is 2. The first-order valence-electron chi connectivity index (χ1n) is 14.3. The molecule has 6 rings (SSSR count). The van der Waals surface area contributed by atoms with Crippen LogP contribution in [0.25, 0.3) is 11.0 Å². The number of aromatic nitrogens is 2. The number of ketones is 1. The Hall–Kier alpha value is -4.00. The highest BCUT2D eigenvalue weighted by molar-refractivity contribution is 8.00. The highest BCUT2D eigenvalue weighted by Gasteiger charge is 2.33. The molecular weight excluding hydrogens is 582 g/mol. The molecule has 43 heavy (non-hydrogen) atoms. The zero-order valence-corrected chi connectivity index (χ0v) is 24.2. The van der Waals surface area contributed by atoms with Gasteiger partial charge in [-0.15, -0.1) is 11.8 Å². The first-order valence-corrected chi connectivity index (χ1v) is 15.1. The topological polar surface area (TPSA) is 122 Å². The Kier molecular flexibility index (Phi) is 7.84. The third-order valence-electron chi connectivity index (χ3n) is 8.06. The van der Waals surface area contributed by atoms with Crippen LogP contribution in [0.1, 0.15) is 61.8 Å². The van der Waals surface area contributed by atoms with E-state index in [-0.39, 0.29) is 40.5 Å². The second-order valence-electron chi connectivity index (χ2n) is 11.3. The number of piperidine rings is 1. The zero-order valence-electron chi connectivity index (χ0n) is 23.4. The summed E-state index contributed by atoms with van der Waals surface area (Å²) in [5.41, 5.74) is -0.486. The van der Waals surface area contributed by atoms with Gasteiger partial charge in [0, 0.05) is 41.9 Å². The number of Topliss-reactive ketones (excluding diaryl/α,β-unsaturated/α-hetero) is 1. The largest absolute Gasteiger partial charge is 0.477 e. The number of amides is 1. The molecule has 2 aromatic heterocycles. The molecule has 1 aromatic carbocycles. The van der Waals surface area contributed by atoms with E-state index in [1.807, 2.05) is 0 Å². The van der Waals surface area contributed by atoms with Gasteiger partial charge in [0.15, 0.2) is 11.6 Å². The number of thioether (sulfide) groups is 1. The van der Waals surface area contributed by atoms with Crippen molar-refractivity contribution in [3.63, 3.8) is 0 Å². The molecule has 1 amide bonds. The van der Waals surface area contributed by atoms with Crippen LogP contribution in [0.4, 0.5) is 25.1 Å². The fourth-order valence-electron chi connectivity index (χ4n) is 5.61. The number of carboxylic acid groups (broad SMARTS) is 1. The van der Waals surface area contributed by atoms with Gasteiger partial charge in [0.05, 0.1) is 17.6 Å². The van der Waals surface area contributed by atoms with Crippen molar-refractivity contribution in [2.75, 3.05) is 29.4 Å². The van der Waals surface area contributed by atoms with Gasteiger partial charge in [-0.25, -0.2) is 23.4 Å². The summed E-state index contributed by atoms with van der Waals surface area (Å²) in [7, 11) is 0. The molecule has 3 aromatic rings. The maximum Gasteiger partial charge on any atom is 0.414 e. The molecule has 0 bridgehead atoms. The Balaban J connectivity index is 1.12. The van der Waals surface area contributed by atoms with Crippen LogP contribution in [0.2, 0.25) is 0 Å². The van der Waals surface area contributed by atoms with Crippen molar-refractivity contribution >= 4 is 52.1 Å². The molecule has 4 heterocycles. The lowest BCUT2D eigenvalue weighted by atomic mass is 10.1. The number of ether oxygens (including phenoxy) is 1. The van der Waals surface area contributed by atoms with Crippen LogP contribution in [0.3, 0.4) is 0 Å². The summed E-state index contributed by atoms with van der Waals surface area (Å²) >= 11 is 1.39. The monoisotopic (exact) mass is 612 g/mol. The molecule has 3 aliphatic rings. The summed E-state index contributed by atoms with van der Waals surface area (Å²) < 4.78 is 37.4. The summed E-state index contributed by atoms with van der Waals surface area (Å²) in [6.45, 7) is 2.67. The predicted molar refractivity (Wildman–Crippen MR) is 156 cm³/mol. The van der Waals surface area contributed by atoms with Crippen molar-refractivity contribution in [2.45, 2.75) is 67.7 Å². The second kappa shape index (κ2) is 11.6.